The number of rotatable bonds is 3. The van der Waals surface area contributed by atoms with Gasteiger partial charge in [-0.1, -0.05) is 31.0 Å². The number of nitrogens with one attached hydrogen (secondary N) is 1. The number of carbonyl (C=O) groups is 1. The standard InChI is InChI=1S/C16H24N2O/c1-11-6-5-7-12(2)15(11)16(19)18-14-9-4-3-8-13(14)10-17/h5-7,13-14H,3-4,8-10,17H2,1-2H3,(H,18,19). The van der Waals surface area contributed by atoms with Gasteiger partial charge in [0.1, 0.15) is 0 Å². The minimum absolute atomic E-state index is 0.0564. The Kier molecular flexibility index (Phi) is 4.59. The number of hydrogen-bond acceptors (Lipinski definition) is 2. The second-order valence-corrected chi connectivity index (χ2v) is 5.63. The van der Waals surface area contributed by atoms with Crippen LogP contribution in [0.1, 0.15) is 47.2 Å². The molecule has 3 nitrogen and oxygen atoms in total. The zero-order chi connectivity index (χ0) is 13.8. The van der Waals surface area contributed by atoms with Crippen LogP contribution in [0.25, 0.3) is 0 Å². The molecular formula is C16H24N2O. The van der Waals surface area contributed by atoms with Crippen LogP contribution in [0.5, 0.6) is 0 Å². The summed E-state index contributed by atoms with van der Waals surface area (Å²) in [5.41, 5.74) is 8.72. The van der Waals surface area contributed by atoms with E-state index in [1.165, 1.54) is 12.8 Å². The molecular weight excluding hydrogens is 236 g/mol. The lowest BCUT2D eigenvalue weighted by Gasteiger charge is -2.31. The van der Waals surface area contributed by atoms with E-state index in [0.29, 0.717) is 12.5 Å². The summed E-state index contributed by atoms with van der Waals surface area (Å²) in [6.07, 6.45) is 4.61. The number of benzene rings is 1. The van der Waals surface area contributed by atoms with E-state index >= 15 is 0 Å². The molecule has 3 heteroatoms. The van der Waals surface area contributed by atoms with Gasteiger partial charge in [-0.05, 0) is 50.3 Å². The Bertz CT molecular complexity index is 436. The van der Waals surface area contributed by atoms with E-state index in [1.54, 1.807) is 0 Å². The fourth-order valence-corrected chi connectivity index (χ4v) is 3.09. The minimum Gasteiger partial charge on any atom is -0.349 e. The molecule has 1 saturated carbocycles. The van der Waals surface area contributed by atoms with Crippen LogP contribution in [-0.4, -0.2) is 18.5 Å². The fraction of sp³-hybridized carbons (Fsp3) is 0.562. The minimum atomic E-state index is 0.0564. The molecule has 104 valence electrons. The van der Waals surface area contributed by atoms with E-state index in [2.05, 4.69) is 5.32 Å². The van der Waals surface area contributed by atoms with E-state index in [4.69, 9.17) is 5.73 Å². The third kappa shape index (κ3) is 3.16. The molecule has 1 aliphatic carbocycles. The summed E-state index contributed by atoms with van der Waals surface area (Å²) in [6, 6.07) is 6.21. The Labute approximate surface area is 115 Å². The Hall–Kier alpha value is -1.35. The molecule has 2 atom stereocenters. The van der Waals surface area contributed by atoms with Crippen LogP contribution in [0.2, 0.25) is 0 Å². The first-order valence-corrected chi connectivity index (χ1v) is 7.20. The van der Waals surface area contributed by atoms with Crippen LogP contribution in [0.15, 0.2) is 18.2 Å². The molecule has 1 aromatic carbocycles. The number of carbonyl (C=O) groups excluding carboxylic acids is 1. The first-order valence-electron chi connectivity index (χ1n) is 7.20. The van der Waals surface area contributed by atoms with Crippen LogP contribution in [0, 0.1) is 19.8 Å². The van der Waals surface area contributed by atoms with Crippen LogP contribution < -0.4 is 11.1 Å². The van der Waals surface area contributed by atoms with Gasteiger partial charge in [-0.3, -0.25) is 4.79 Å². The molecule has 1 aliphatic rings. The molecule has 2 unspecified atom stereocenters. The predicted molar refractivity (Wildman–Crippen MR) is 78.2 cm³/mol. The van der Waals surface area contributed by atoms with Crippen LogP contribution in [-0.2, 0) is 0 Å². The summed E-state index contributed by atoms with van der Waals surface area (Å²) in [7, 11) is 0. The van der Waals surface area contributed by atoms with Crippen molar-refractivity contribution in [2.24, 2.45) is 11.7 Å². The largest absolute Gasteiger partial charge is 0.349 e. The maximum atomic E-state index is 12.5. The van der Waals surface area contributed by atoms with Crippen molar-refractivity contribution in [3.05, 3.63) is 34.9 Å². The summed E-state index contributed by atoms with van der Waals surface area (Å²) >= 11 is 0. The maximum absolute atomic E-state index is 12.5. The van der Waals surface area contributed by atoms with Crippen molar-refractivity contribution in [3.8, 4) is 0 Å². The van der Waals surface area contributed by atoms with E-state index in [0.717, 1.165) is 29.5 Å². The van der Waals surface area contributed by atoms with E-state index in [9.17, 15) is 4.79 Å². The molecule has 0 spiro atoms. The third-order valence-electron chi connectivity index (χ3n) is 4.24. The lowest BCUT2D eigenvalue weighted by Crippen LogP contribution is -2.45. The van der Waals surface area contributed by atoms with Crippen LogP contribution in [0.4, 0.5) is 0 Å². The molecule has 1 amide bonds. The van der Waals surface area contributed by atoms with E-state index in [-0.39, 0.29) is 11.9 Å². The van der Waals surface area contributed by atoms with Gasteiger partial charge in [0.05, 0.1) is 0 Å². The topological polar surface area (TPSA) is 55.1 Å². The Morgan fingerprint density at radius 2 is 1.89 bits per heavy atom. The van der Waals surface area contributed by atoms with Gasteiger partial charge in [0.25, 0.3) is 5.91 Å². The molecule has 3 N–H and O–H groups in total. The van der Waals surface area contributed by atoms with Crippen LogP contribution in [0.3, 0.4) is 0 Å². The number of aryl methyl sites for hydroxylation is 2. The van der Waals surface area contributed by atoms with Gasteiger partial charge in [-0.25, -0.2) is 0 Å². The maximum Gasteiger partial charge on any atom is 0.252 e. The summed E-state index contributed by atoms with van der Waals surface area (Å²) in [5.74, 6) is 0.489. The highest BCUT2D eigenvalue weighted by Gasteiger charge is 2.26. The monoisotopic (exact) mass is 260 g/mol. The van der Waals surface area contributed by atoms with Gasteiger partial charge in [-0.2, -0.15) is 0 Å². The second-order valence-electron chi connectivity index (χ2n) is 5.63. The van der Waals surface area contributed by atoms with Crippen molar-refractivity contribution in [3.63, 3.8) is 0 Å². The predicted octanol–water partition coefficient (Wildman–Crippen LogP) is 2.55. The Morgan fingerprint density at radius 1 is 1.26 bits per heavy atom. The van der Waals surface area contributed by atoms with Gasteiger partial charge < -0.3 is 11.1 Å². The first-order chi connectivity index (χ1) is 9.13. The molecule has 19 heavy (non-hydrogen) atoms. The van der Waals surface area contributed by atoms with Crippen LogP contribution >= 0.6 is 0 Å². The van der Waals surface area contributed by atoms with Gasteiger partial charge in [0, 0.05) is 11.6 Å². The molecule has 1 aromatic rings. The van der Waals surface area contributed by atoms with Gasteiger partial charge in [0.2, 0.25) is 0 Å². The smallest absolute Gasteiger partial charge is 0.252 e. The zero-order valence-electron chi connectivity index (χ0n) is 11.9. The average molecular weight is 260 g/mol. The molecule has 0 aliphatic heterocycles. The zero-order valence-corrected chi connectivity index (χ0v) is 11.9. The Balaban J connectivity index is 2.12. The lowest BCUT2D eigenvalue weighted by atomic mass is 9.84. The lowest BCUT2D eigenvalue weighted by molar-refractivity contribution is 0.0907. The first kappa shape index (κ1) is 14.1. The summed E-state index contributed by atoms with van der Waals surface area (Å²) < 4.78 is 0. The number of amides is 1. The highest BCUT2D eigenvalue weighted by molar-refractivity contribution is 5.97. The molecule has 0 radical (unpaired) electrons. The molecule has 0 saturated heterocycles. The highest BCUT2D eigenvalue weighted by Crippen LogP contribution is 2.24. The second kappa shape index (κ2) is 6.20. The highest BCUT2D eigenvalue weighted by atomic mass is 16.1. The normalized spacial score (nSPS) is 23.1. The van der Waals surface area contributed by atoms with E-state index in [1.807, 2.05) is 32.0 Å². The summed E-state index contributed by atoms with van der Waals surface area (Å²) in [4.78, 5) is 12.5. The molecule has 0 heterocycles. The SMILES string of the molecule is Cc1cccc(C)c1C(=O)NC1CCCCC1CN. The average Bonchev–Trinajstić information content (AvgIpc) is 2.39. The van der Waals surface area contributed by atoms with Crippen molar-refractivity contribution < 1.29 is 4.79 Å². The van der Waals surface area contributed by atoms with E-state index < -0.39 is 0 Å². The molecule has 0 bridgehead atoms. The van der Waals surface area contributed by atoms with Crippen molar-refractivity contribution >= 4 is 5.91 Å². The molecule has 2 rings (SSSR count). The number of nitrogens with two attached hydrogens (primary N) is 1. The quantitative estimate of drug-likeness (QED) is 0.877. The molecule has 1 fully saturated rings. The van der Waals surface area contributed by atoms with Gasteiger partial charge >= 0.3 is 0 Å². The van der Waals surface area contributed by atoms with Crippen molar-refractivity contribution in [1.29, 1.82) is 0 Å². The van der Waals surface area contributed by atoms with Crippen molar-refractivity contribution in [2.75, 3.05) is 6.54 Å². The van der Waals surface area contributed by atoms with Crippen molar-refractivity contribution in [2.45, 2.75) is 45.6 Å². The van der Waals surface area contributed by atoms with Crippen molar-refractivity contribution in [1.82, 2.24) is 5.32 Å². The molecule has 0 aromatic heterocycles. The Morgan fingerprint density at radius 3 is 2.53 bits per heavy atom. The third-order valence-corrected chi connectivity index (χ3v) is 4.24. The fourth-order valence-electron chi connectivity index (χ4n) is 3.09. The van der Waals surface area contributed by atoms with Gasteiger partial charge in [0.15, 0.2) is 0 Å². The number of hydrogen-bond donors (Lipinski definition) is 2. The van der Waals surface area contributed by atoms with Gasteiger partial charge in [-0.15, -0.1) is 0 Å². The summed E-state index contributed by atoms with van der Waals surface area (Å²) in [5, 5.41) is 3.20. The summed E-state index contributed by atoms with van der Waals surface area (Å²) in [6.45, 7) is 4.64.